The summed E-state index contributed by atoms with van der Waals surface area (Å²) in [5.74, 6) is 1.60. The molecular formula is C12H23NO2S. The molecule has 16 heavy (non-hydrogen) atoms. The van der Waals surface area contributed by atoms with Gasteiger partial charge in [0.15, 0.2) is 0 Å². The maximum Gasteiger partial charge on any atom is 0.150 e. The van der Waals surface area contributed by atoms with Crippen LogP contribution in [0.3, 0.4) is 0 Å². The molecule has 0 saturated heterocycles. The molecule has 0 aromatic rings. The van der Waals surface area contributed by atoms with Gasteiger partial charge in [-0.05, 0) is 50.0 Å². The Kier molecular flexibility index (Phi) is 3.59. The molecule has 0 amide bonds. The molecule has 2 saturated carbocycles. The van der Waals surface area contributed by atoms with Gasteiger partial charge in [0.1, 0.15) is 9.84 Å². The van der Waals surface area contributed by atoms with Crippen LogP contribution >= 0.6 is 0 Å². The Morgan fingerprint density at radius 2 is 2.00 bits per heavy atom. The number of sulfone groups is 1. The summed E-state index contributed by atoms with van der Waals surface area (Å²) in [6.07, 6.45) is 6.38. The van der Waals surface area contributed by atoms with Gasteiger partial charge in [-0.2, -0.15) is 0 Å². The molecule has 1 N–H and O–H groups in total. The lowest BCUT2D eigenvalue weighted by atomic mass is 10.0. The van der Waals surface area contributed by atoms with Gasteiger partial charge in [-0.1, -0.05) is 6.92 Å². The molecule has 0 aromatic heterocycles. The summed E-state index contributed by atoms with van der Waals surface area (Å²) in [7, 11) is -2.76. The number of hydrogen-bond donors (Lipinski definition) is 1. The zero-order valence-corrected chi connectivity index (χ0v) is 11.0. The van der Waals surface area contributed by atoms with E-state index in [0.29, 0.717) is 11.2 Å². The van der Waals surface area contributed by atoms with Crippen LogP contribution in [0.1, 0.15) is 39.0 Å². The molecule has 0 heterocycles. The van der Waals surface area contributed by atoms with Gasteiger partial charge < -0.3 is 5.32 Å². The third kappa shape index (κ3) is 3.20. The van der Waals surface area contributed by atoms with E-state index in [0.717, 1.165) is 25.4 Å². The molecule has 0 radical (unpaired) electrons. The van der Waals surface area contributed by atoms with Crippen LogP contribution in [0.25, 0.3) is 0 Å². The lowest BCUT2D eigenvalue weighted by Crippen LogP contribution is -2.27. The zero-order chi connectivity index (χ0) is 11.6. The first kappa shape index (κ1) is 12.4. The monoisotopic (exact) mass is 245 g/mol. The molecule has 0 aromatic carbocycles. The average Bonchev–Trinajstić information content (AvgIpc) is 3.10. The molecule has 0 atom stereocenters. The highest BCUT2D eigenvalue weighted by Crippen LogP contribution is 2.60. The largest absolute Gasteiger partial charge is 0.316 e. The van der Waals surface area contributed by atoms with E-state index in [2.05, 4.69) is 5.32 Å². The molecule has 4 heteroatoms. The number of hydrogen-bond acceptors (Lipinski definition) is 3. The second-order valence-electron chi connectivity index (χ2n) is 5.40. The van der Waals surface area contributed by atoms with Crippen LogP contribution in [0, 0.1) is 11.3 Å². The maximum atomic E-state index is 11.3. The van der Waals surface area contributed by atoms with E-state index in [1.807, 2.05) is 0 Å². The first-order chi connectivity index (χ1) is 7.58. The summed E-state index contributed by atoms with van der Waals surface area (Å²) in [5, 5.41) is 3.44. The van der Waals surface area contributed by atoms with Crippen molar-refractivity contribution in [3.05, 3.63) is 0 Å². The van der Waals surface area contributed by atoms with Crippen LogP contribution in [0.5, 0.6) is 0 Å². The predicted molar refractivity (Wildman–Crippen MR) is 66.2 cm³/mol. The van der Waals surface area contributed by atoms with Crippen molar-refractivity contribution in [2.45, 2.75) is 39.0 Å². The van der Waals surface area contributed by atoms with Crippen LogP contribution in [-0.4, -0.2) is 33.0 Å². The van der Waals surface area contributed by atoms with Crippen LogP contribution in [0.2, 0.25) is 0 Å². The second-order valence-corrected chi connectivity index (χ2v) is 7.88. The molecule has 2 aliphatic rings. The third-order valence-electron chi connectivity index (χ3n) is 4.06. The molecule has 2 fully saturated rings. The number of nitrogens with one attached hydrogen (secondary N) is 1. The van der Waals surface area contributed by atoms with E-state index in [-0.39, 0.29) is 5.75 Å². The lowest BCUT2D eigenvalue weighted by Gasteiger charge is -2.14. The summed E-state index contributed by atoms with van der Waals surface area (Å²) in [5.41, 5.74) is 0.629. The SMILES string of the molecule is CCS(=O)(=O)CCCNCC1(C2CC2)CC1. The van der Waals surface area contributed by atoms with E-state index < -0.39 is 9.84 Å². The van der Waals surface area contributed by atoms with Gasteiger partial charge >= 0.3 is 0 Å². The van der Waals surface area contributed by atoms with Crippen molar-refractivity contribution in [2.24, 2.45) is 11.3 Å². The Bertz CT molecular complexity index is 329. The molecule has 2 rings (SSSR count). The molecule has 0 spiro atoms. The average molecular weight is 245 g/mol. The van der Waals surface area contributed by atoms with Gasteiger partial charge in [0.2, 0.25) is 0 Å². The molecule has 94 valence electrons. The minimum atomic E-state index is -2.76. The van der Waals surface area contributed by atoms with E-state index in [1.54, 1.807) is 6.92 Å². The minimum Gasteiger partial charge on any atom is -0.316 e. The first-order valence-electron chi connectivity index (χ1n) is 6.49. The summed E-state index contributed by atoms with van der Waals surface area (Å²) in [6, 6.07) is 0. The topological polar surface area (TPSA) is 46.2 Å². The van der Waals surface area contributed by atoms with Crippen molar-refractivity contribution < 1.29 is 8.42 Å². The fraction of sp³-hybridized carbons (Fsp3) is 1.00. The Labute approximate surface area is 98.9 Å². The van der Waals surface area contributed by atoms with Crippen molar-refractivity contribution in [3.8, 4) is 0 Å². The Morgan fingerprint density at radius 1 is 1.31 bits per heavy atom. The van der Waals surface area contributed by atoms with Gasteiger partial charge in [0, 0.05) is 12.3 Å². The van der Waals surface area contributed by atoms with Crippen LogP contribution in [0.4, 0.5) is 0 Å². The van der Waals surface area contributed by atoms with Gasteiger partial charge in [0.05, 0.1) is 5.75 Å². The smallest absolute Gasteiger partial charge is 0.150 e. The lowest BCUT2D eigenvalue weighted by molar-refractivity contribution is 0.405. The van der Waals surface area contributed by atoms with Crippen LogP contribution in [-0.2, 0) is 9.84 Å². The van der Waals surface area contributed by atoms with Crippen molar-refractivity contribution in [2.75, 3.05) is 24.6 Å². The Balaban J connectivity index is 1.56. The first-order valence-corrected chi connectivity index (χ1v) is 8.31. The molecular weight excluding hydrogens is 222 g/mol. The maximum absolute atomic E-state index is 11.3. The van der Waals surface area contributed by atoms with Gasteiger partial charge in [-0.3, -0.25) is 0 Å². The van der Waals surface area contributed by atoms with Crippen LogP contribution < -0.4 is 5.32 Å². The van der Waals surface area contributed by atoms with Crippen molar-refractivity contribution >= 4 is 9.84 Å². The van der Waals surface area contributed by atoms with E-state index in [4.69, 9.17) is 0 Å². The predicted octanol–water partition coefficient (Wildman–Crippen LogP) is 1.59. The van der Waals surface area contributed by atoms with Crippen molar-refractivity contribution in [1.82, 2.24) is 5.32 Å². The number of rotatable bonds is 8. The minimum absolute atomic E-state index is 0.277. The highest BCUT2D eigenvalue weighted by atomic mass is 32.2. The highest BCUT2D eigenvalue weighted by Gasteiger charge is 2.52. The Morgan fingerprint density at radius 3 is 2.50 bits per heavy atom. The second kappa shape index (κ2) is 4.65. The molecule has 0 bridgehead atoms. The van der Waals surface area contributed by atoms with Gasteiger partial charge in [-0.25, -0.2) is 8.42 Å². The molecule has 3 nitrogen and oxygen atoms in total. The summed E-state index contributed by atoms with van der Waals surface area (Å²) in [4.78, 5) is 0. The summed E-state index contributed by atoms with van der Waals surface area (Å²) < 4.78 is 22.5. The normalized spacial score (nSPS) is 23.3. The fourth-order valence-corrected chi connectivity index (χ4v) is 3.36. The van der Waals surface area contributed by atoms with Crippen molar-refractivity contribution in [3.63, 3.8) is 0 Å². The third-order valence-corrected chi connectivity index (χ3v) is 5.85. The van der Waals surface area contributed by atoms with Crippen LogP contribution in [0.15, 0.2) is 0 Å². The standard InChI is InChI=1S/C12H23NO2S/c1-2-16(14,15)9-3-8-13-10-12(6-7-12)11-4-5-11/h11,13H,2-10H2,1H3. The molecule has 0 aliphatic heterocycles. The van der Waals surface area contributed by atoms with Gasteiger partial charge in [-0.15, -0.1) is 0 Å². The van der Waals surface area contributed by atoms with E-state index in [1.165, 1.54) is 25.7 Å². The molecule has 2 aliphatic carbocycles. The Hall–Kier alpha value is -0.0900. The summed E-state index contributed by atoms with van der Waals surface area (Å²) >= 11 is 0. The molecule has 0 unspecified atom stereocenters. The van der Waals surface area contributed by atoms with Crippen molar-refractivity contribution in [1.29, 1.82) is 0 Å². The quantitative estimate of drug-likeness (QED) is 0.661. The van der Waals surface area contributed by atoms with E-state index >= 15 is 0 Å². The summed E-state index contributed by atoms with van der Waals surface area (Å²) in [6.45, 7) is 3.69. The van der Waals surface area contributed by atoms with E-state index in [9.17, 15) is 8.42 Å². The fourth-order valence-electron chi connectivity index (χ4n) is 2.48. The van der Waals surface area contributed by atoms with Gasteiger partial charge in [0.25, 0.3) is 0 Å². The zero-order valence-electron chi connectivity index (χ0n) is 10.2. The highest BCUT2D eigenvalue weighted by molar-refractivity contribution is 7.91.